The van der Waals surface area contributed by atoms with Gasteiger partial charge in [-0.25, -0.2) is 4.79 Å². The second-order valence-corrected chi connectivity index (χ2v) is 7.41. The van der Waals surface area contributed by atoms with Crippen molar-refractivity contribution in [2.24, 2.45) is 0 Å². The molecule has 1 amide bonds. The number of aliphatic hydroxyl groups is 1. The maximum absolute atomic E-state index is 12.2. The van der Waals surface area contributed by atoms with Gasteiger partial charge in [-0.05, 0) is 18.6 Å². The molecule has 0 spiro atoms. The molecule has 1 aromatic heterocycles. The summed E-state index contributed by atoms with van der Waals surface area (Å²) in [5.74, 6) is -0.117. The number of aromatic amines is 2. The predicted octanol–water partition coefficient (Wildman–Crippen LogP) is -0.189. The Hall–Kier alpha value is -2.78. The maximum Gasteiger partial charge on any atom is 0.325 e. The van der Waals surface area contributed by atoms with Crippen molar-refractivity contribution >= 4 is 22.8 Å². The first-order valence-corrected chi connectivity index (χ1v) is 9.69. The van der Waals surface area contributed by atoms with E-state index >= 15 is 0 Å². The molecule has 2 aromatic rings. The third-order valence-corrected chi connectivity index (χ3v) is 5.13. The summed E-state index contributed by atoms with van der Waals surface area (Å²) in [7, 11) is -1.26. The van der Waals surface area contributed by atoms with Gasteiger partial charge in [0.15, 0.2) is 0 Å². The Morgan fingerprint density at radius 3 is 2.59 bits per heavy atom. The van der Waals surface area contributed by atoms with Gasteiger partial charge in [-0.1, -0.05) is 30.3 Å². The number of aliphatic hydroxyl groups excluding tert-OH is 1. The monoisotopic (exact) mass is 391 g/mol. The number of hydrogen-bond acceptors (Lipinski definition) is 5. The van der Waals surface area contributed by atoms with Gasteiger partial charge in [-0.15, -0.1) is 0 Å². The minimum atomic E-state index is -1.26. The van der Waals surface area contributed by atoms with Gasteiger partial charge in [-0.2, -0.15) is 0 Å². The van der Waals surface area contributed by atoms with E-state index in [-0.39, 0.29) is 17.9 Å². The number of carbonyl (C=O) groups excluding carboxylic acids is 1. The summed E-state index contributed by atoms with van der Waals surface area (Å²) >= 11 is 0. The molecule has 0 saturated heterocycles. The van der Waals surface area contributed by atoms with Gasteiger partial charge in [0, 0.05) is 34.1 Å². The number of rotatable bonds is 8. The molecule has 2 unspecified atom stereocenters. The molecule has 2 atom stereocenters. The molecule has 0 aliphatic carbocycles. The van der Waals surface area contributed by atoms with Crippen LogP contribution in [0, 0.1) is 6.92 Å². The Bertz CT molecular complexity index is 949. The van der Waals surface area contributed by atoms with E-state index in [1.54, 1.807) is 0 Å². The third-order valence-electron chi connectivity index (χ3n) is 3.70. The van der Waals surface area contributed by atoms with E-state index in [1.165, 1.54) is 13.0 Å². The molecular weight excluding hydrogens is 370 g/mol. The average molecular weight is 391 g/mol. The highest BCUT2D eigenvalue weighted by Crippen LogP contribution is 2.04. The van der Waals surface area contributed by atoms with Gasteiger partial charge in [0.05, 0.1) is 18.2 Å². The van der Waals surface area contributed by atoms with Gasteiger partial charge in [0.2, 0.25) is 5.91 Å². The van der Waals surface area contributed by atoms with E-state index in [4.69, 9.17) is 0 Å². The van der Waals surface area contributed by atoms with Crippen LogP contribution < -0.4 is 16.6 Å². The predicted molar refractivity (Wildman–Crippen MR) is 104 cm³/mol. The highest BCUT2D eigenvalue weighted by Gasteiger charge is 2.14. The third kappa shape index (κ3) is 6.46. The minimum Gasteiger partial charge on any atom is -0.394 e. The zero-order valence-corrected chi connectivity index (χ0v) is 15.5. The number of H-pyrrole nitrogens is 2. The van der Waals surface area contributed by atoms with Crippen LogP contribution in [-0.2, 0) is 21.3 Å². The highest BCUT2D eigenvalue weighted by molar-refractivity contribution is 7.84. The summed E-state index contributed by atoms with van der Waals surface area (Å²) in [4.78, 5) is 39.4. The lowest BCUT2D eigenvalue weighted by Gasteiger charge is -2.14. The van der Waals surface area contributed by atoms with E-state index in [9.17, 15) is 23.7 Å². The van der Waals surface area contributed by atoms with E-state index in [0.29, 0.717) is 11.4 Å². The van der Waals surface area contributed by atoms with Crippen LogP contribution in [-0.4, -0.2) is 43.6 Å². The number of amides is 1. The van der Waals surface area contributed by atoms with Crippen molar-refractivity contribution in [3.8, 4) is 0 Å². The van der Waals surface area contributed by atoms with Crippen molar-refractivity contribution in [2.75, 3.05) is 12.4 Å². The topological polar surface area (TPSA) is 132 Å². The molecule has 0 fully saturated rings. The molecule has 8 nitrogen and oxygen atoms in total. The Labute approximate surface area is 157 Å². The first-order chi connectivity index (χ1) is 12.9. The number of nitrogens with one attached hydrogen (secondary N) is 3. The van der Waals surface area contributed by atoms with E-state index in [0.717, 1.165) is 11.6 Å². The summed E-state index contributed by atoms with van der Waals surface area (Å²) in [5.41, 5.74) is 0.156. The van der Waals surface area contributed by atoms with Gasteiger partial charge in [0.25, 0.3) is 5.56 Å². The second kappa shape index (κ2) is 9.79. The number of carbonyl (C=O) groups is 1. The summed E-state index contributed by atoms with van der Waals surface area (Å²) in [5, 5.41) is 12.0. The normalized spacial score (nSPS) is 13.4. The molecule has 9 heteroatoms. The van der Waals surface area contributed by atoms with Crippen LogP contribution in [0.1, 0.15) is 16.8 Å². The number of aromatic nitrogens is 2. The quantitative estimate of drug-likeness (QED) is 0.463. The van der Waals surface area contributed by atoms with E-state index < -0.39 is 34.0 Å². The Morgan fingerprint density at radius 2 is 1.96 bits per heavy atom. The fraction of sp³-hybridized carbons (Fsp3) is 0.278. The summed E-state index contributed by atoms with van der Waals surface area (Å²) in [6.45, 7) is 1.18. The number of hydrogen-bond donors (Lipinski definition) is 4. The van der Waals surface area contributed by atoms with E-state index in [1.807, 2.05) is 30.3 Å². The van der Waals surface area contributed by atoms with Gasteiger partial charge in [-0.3, -0.25) is 18.8 Å². The molecule has 144 valence electrons. The fourth-order valence-electron chi connectivity index (χ4n) is 2.40. The largest absolute Gasteiger partial charge is 0.394 e. The lowest BCUT2D eigenvalue weighted by atomic mass is 10.2. The molecule has 0 bridgehead atoms. The van der Waals surface area contributed by atoms with Crippen LogP contribution >= 0.6 is 0 Å². The summed E-state index contributed by atoms with van der Waals surface area (Å²) in [6.07, 6.45) is 2.40. The molecule has 1 heterocycles. The first-order valence-electron chi connectivity index (χ1n) is 8.20. The van der Waals surface area contributed by atoms with Crippen LogP contribution in [0.5, 0.6) is 0 Å². The van der Waals surface area contributed by atoms with Crippen molar-refractivity contribution in [1.29, 1.82) is 0 Å². The Morgan fingerprint density at radius 1 is 1.26 bits per heavy atom. The maximum atomic E-state index is 12.2. The van der Waals surface area contributed by atoms with Crippen molar-refractivity contribution in [3.05, 3.63) is 74.1 Å². The van der Waals surface area contributed by atoms with Crippen molar-refractivity contribution in [1.82, 2.24) is 15.3 Å². The minimum absolute atomic E-state index is 0.100. The molecule has 0 aliphatic heterocycles. The zero-order valence-electron chi connectivity index (χ0n) is 14.7. The summed E-state index contributed by atoms with van der Waals surface area (Å²) < 4.78 is 12.2. The highest BCUT2D eigenvalue weighted by atomic mass is 32.2. The second-order valence-electron chi connectivity index (χ2n) is 5.90. The van der Waals surface area contributed by atoms with Crippen molar-refractivity contribution in [3.63, 3.8) is 0 Å². The molecule has 1 aromatic carbocycles. The molecule has 0 radical (unpaired) electrons. The molecule has 0 aliphatic rings. The Kier molecular flexibility index (Phi) is 7.44. The lowest BCUT2D eigenvalue weighted by Crippen LogP contribution is -2.40. The van der Waals surface area contributed by atoms with Gasteiger partial charge < -0.3 is 15.4 Å². The molecule has 27 heavy (non-hydrogen) atoms. The fourth-order valence-corrected chi connectivity index (χ4v) is 3.72. The van der Waals surface area contributed by atoms with Gasteiger partial charge in [0.1, 0.15) is 0 Å². The van der Waals surface area contributed by atoms with Crippen LogP contribution in [0.2, 0.25) is 0 Å². The van der Waals surface area contributed by atoms with Crippen LogP contribution in [0.25, 0.3) is 6.08 Å². The molecule has 0 saturated carbocycles. The van der Waals surface area contributed by atoms with Crippen LogP contribution in [0.15, 0.2) is 46.0 Å². The zero-order chi connectivity index (χ0) is 19.8. The van der Waals surface area contributed by atoms with Crippen molar-refractivity contribution < 1.29 is 14.1 Å². The van der Waals surface area contributed by atoms with Crippen LogP contribution in [0.3, 0.4) is 0 Å². The average Bonchev–Trinajstić information content (AvgIpc) is 2.61. The molecular formula is C18H21N3O5S. The van der Waals surface area contributed by atoms with Crippen LogP contribution in [0.4, 0.5) is 0 Å². The standard InChI is InChI=1S/C18H21N3O5S/c1-12-15(17(24)21-18(25)19-12)7-8-16(23)20-14(9-22)11-27(26)10-13-5-3-2-4-6-13/h2-8,14,22H,9-11H2,1H3,(H,20,23)(H2,19,21,24,25)/b8-7+. The molecule has 2 rings (SSSR count). The van der Waals surface area contributed by atoms with Crippen molar-refractivity contribution in [2.45, 2.75) is 18.7 Å². The Balaban J connectivity index is 1.95. The summed E-state index contributed by atoms with van der Waals surface area (Å²) in [6, 6.07) is 8.60. The van der Waals surface area contributed by atoms with E-state index in [2.05, 4.69) is 15.3 Å². The first kappa shape index (κ1) is 20.5. The van der Waals surface area contributed by atoms with Gasteiger partial charge >= 0.3 is 5.69 Å². The smallest absolute Gasteiger partial charge is 0.325 e. The molecule has 4 N–H and O–H groups in total. The lowest BCUT2D eigenvalue weighted by molar-refractivity contribution is -0.117. The number of aryl methyl sites for hydroxylation is 1. The number of benzene rings is 1. The SMILES string of the molecule is Cc1[nH]c(=O)[nH]c(=O)c1/C=C/C(=O)NC(CO)CS(=O)Cc1ccccc1.